The van der Waals surface area contributed by atoms with E-state index in [4.69, 9.17) is 9.72 Å². The van der Waals surface area contributed by atoms with Gasteiger partial charge in [-0.15, -0.1) is 0 Å². The van der Waals surface area contributed by atoms with Gasteiger partial charge in [-0.3, -0.25) is 4.79 Å². The molecular weight excluding hydrogens is 340 g/mol. The van der Waals surface area contributed by atoms with Crippen molar-refractivity contribution < 1.29 is 9.64 Å². The second kappa shape index (κ2) is 7.40. The van der Waals surface area contributed by atoms with Crippen molar-refractivity contribution in [3.63, 3.8) is 0 Å². The Bertz CT molecular complexity index is 993. The summed E-state index contributed by atoms with van der Waals surface area (Å²) in [7, 11) is 1.71. The average molecular weight is 365 g/mol. The van der Waals surface area contributed by atoms with Crippen molar-refractivity contribution in [2.75, 3.05) is 38.2 Å². The molecule has 2 N–H and O–H groups in total. The highest BCUT2D eigenvalue weighted by Crippen LogP contribution is 2.27. The molecule has 2 aromatic carbocycles. The summed E-state index contributed by atoms with van der Waals surface area (Å²) in [4.78, 5) is 23.9. The lowest BCUT2D eigenvalue weighted by molar-refractivity contribution is -0.930. The van der Waals surface area contributed by atoms with Crippen LogP contribution in [0.15, 0.2) is 53.3 Å². The summed E-state index contributed by atoms with van der Waals surface area (Å²) in [5, 5.41) is 0.643. The summed E-state index contributed by atoms with van der Waals surface area (Å²) in [6, 6.07) is 15.8. The molecule has 0 radical (unpaired) electrons. The first-order valence-electron chi connectivity index (χ1n) is 9.39. The minimum atomic E-state index is -0.0606. The van der Waals surface area contributed by atoms with Gasteiger partial charge in [0.15, 0.2) is 5.82 Å². The van der Waals surface area contributed by atoms with Crippen molar-refractivity contribution in [1.29, 1.82) is 0 Å². The van der Waals surface area contributed by atoms with Crippen molar-refractivity contribution in [3.8, 4) is 5.75 Å². The highest BCUT2D eigenvalue weighted by Gasteiger charge is 2.28. The van der Waals surface area contributed by atoms with E-state index in [0.717, 1.165) is 49.0 Å². The number of nitrogens with one attached hydrogen (secondary N) is 2. The maximum absolute atomic E-state index is 12.4. The third kappa shape index (κ3) is 3.40. The molecule has 140 valence electrons. The number of H-pyrrole nitrogens is 1. The third-order valence-electron chi connectivity index (χ3n) is 5.49. The first-order chi connectivity index (χ1) is 13.2. The highest BCUT2D eigenvalue weighted by molar-refractivity contribution is 5.77. The van der Waals surface area contributed by atoms with E-state index in [9.17, 15) is 4.79 Å². The number of methoxy groups -OCH3 is 1. The van der Waals surface area contributed by atoms with E-state index in [1.165, 1.54) is 4.90 Å². The summed E-state index contributed by atoms with van der Waals surface area (Å²) >= 11 is 0. The molecule has 0 bridgehead atoms. The second-order valence-electron chi connectivity index (χ2n) is 7.01. The number of hydrogen-bond donors (Lipinski definition) is 2. The first kappa shape index (κ1) is 17.5. The number of fused-ring (bicyclic) bond motifs is 1. The number of hydrogen-bond acceptors (Lipinski definition) is 4. The molecule has 1 atom stereocenters. The predicted octanol–water partition coefficient (Wildman–Crippen LogP) is 1.40. The van der Waals surface area contributed by atoms with Crippen molar-refractivity contribution in [3.05, 3.63) is 64.7 Å². The quantitative estimate of drug-likeness (QED) is 0.734. The normalized spacial score (nSPS) is 16.4. The minimum absolute atomic E-state index is 0.0606. The molecule has 2 heterocycles. The SMILES string of the molecule is COc1ccccc1N1CC[NH+]([C@@H](C)c2nc3ccccc3c(=O)[nH]2)CC1. The Morgan fingerprint density at radius 2 is 1.81 bits per heavy atom. The van der Waals surface area contributed by atoms with Gasteiger partial charge in [-0.25, -0.2) is 4.98 Å². The largest absolute Gasteiger partial charge is 0.495 e. The number of quaternary nitrogens is 1. The van der Waals surface area contributed by atoms with E-state index >= 15 is 0 Å². The van der Waals surface area contributed by atoms with Gasteiger partial charge in [-0.2, -0.15) is 0 Å². The molecule has 0 unspecified atom stereocenters. The van der Waals surface area contributed by atoms with Crippen LogP contribution in [0.1, 0.15) is 18.8 Å². The van der Waals surface area contributed by atoms with Crippen LogP contribution in [0.4, 0.5) is 5.69 Å². The predicted molar refractivity (Wildman–Crippen MR) is 107 cm³/mol. The van der Waals surface area contributed by atoms with Gasteiger partial charge in [0.1, 0.15) is 11.8 Å². The summed E-state index contributed by atoms with van der Waals surface area (Å²) < 4.78 is 5.50. The zero-order valence-corrected chi connectivity index (χ0v) is 15.7. The Morgan fingerprint density at radius 3 is 2.59 bits per heavy atom. The van der Waals surface area contributed by atoms with E-state index in [1.807, 2.05) is 42.5 Å². The Morgan fingerprint density at radius 1 is 1.11 bits per heavy atom. The van der Waals surface area contributed by atoms with Crippen LogP contribution in [-0.4, -0.2) is 43.3 Å². The monoisotopic (exact) mass is 365 g/mol. The highest BCUT2D eigenvalue weighted by atomic mass is 16.5. The van der Waals surface area contributed by atoms with E-state index < -0.39 is 0 Å². The van der Waals surface area contributed by atoms with Crippen LogP contribution >= 0.6 is 0 Å². The lowest BCUT2D eigenvalue weighted by Crippen LogP contribution is -3.14. The molecule has 6 nitrogen and oxygen atoms in total. The number of ether oxygens (including phenoxy) is 1. The Labute approximate surface area is 158 Å². The standard InChI is InChI=1S/C21H24N4O2/c1-15(20-22-17-8-4-3-7-16(17)21(26)23-20)24-11-13-25(14-12-24)18-9-5-6-10-19(18)27-2/h3-10,15H,11-14H2,1-2H3,(H,22,23,26)/p+1/t15-/m0/s1. The van der Waals surface area contributed by atoms with Crippen molar-refractivity contribution in [2.45, 2.75) is 13.0 Å². The van der Waals surface area contributed by atoms with E-state index in [1.54, 1.807) is 7.11 Å². The number of benzene rings is 2. The van der Waals surface area contributed by atoms with Gasteiger partial charge in [0, 0.05) is 0 Å². The maximum atomic E-state index is 12.4. The molecule has 1 aliphatic rings. The van der Waals surface area contributed by atoms with E-state index in [2.05, 4.69) is 22.9 Å². The smallest absolute Gasteiger partial charge is 0.258 e. The van der Waals surface area contributed by atoms with Gasteiger partial charge in [0.05, 0.1) is 49.9 Å². The molecule has 27 heavy (non-hydrogen) atoms. The number of anilines is 1. The molecule has 1 fully saturated rings. The molecule has 1 aliphatic heterocycles. The number of aromatic nitrogens is 2. The molecule has 0 saturated carbocycles. The second-order valence-corrected chi connectivity index (χ2v) is 7.01. The zero-order valence-electron chi connectivity index (χ0n) is 15.7. The minimum Gasteiger partial charge on any atom is -0.495 e. The number of rotatable bonds is 4. The van der Waals surface area contributed by atoms with E-state index in [0.29, 0.717) is 5.39 Å². The molecule has 0 aliphatic carbocycles. The molecule has 0 spiro atoms. The summed E-state index contributed by atoms with van der Waals surface area (Å²) in [5.41, 5.74) is 1.84. The van der Waals surface area contributed by atoms with E-state index in [-0.39, 0.29) is 11.6 Å². The molecule has 1 saturated heterocycles. The maximum Gasteiger partial charge on any atom is 0.258 e. The molecule has 4 rings (SSSR count). The van der Waals surface area contributed by atoms with Crippen molar-refractivity contribution >= 4 is 16.6 Å². The van der Waals surface area contributed by atoms with Crippen LogP contribution < -0.4 is 20.1 Å². The van der Waals surface area contributed by atoms with Gasteiger partial charge < -0.3 is 19.5 Å². The fourth-order valence-corrected chi connectivity index (χ4v) is 3.86. The molecule has 6 heteroatoms. The van der Waals surface area contributed by atoms with Crippen molar-refractivity contribution in [1.82, 2.24) is 9.97 Å². The van der Waals surface area contributed by atoms with Gasteiger partial charge in [-0.05, 0) is 31.2 Å². The van der Waals surface area contributed by atoms with Crippen LogP contribution in [0.2, 0.25) is 0 Å². The van der Waals surface area contributed by atoms with Gasteiger partial charge >= 0.3 is 0 Å². The van der Waals surface area contributed by atoms with Crippen molar-refractivity contribution in [2.24, 2.45) is 0 Å². The van der Waals surface area contributed by atoms with Gasteiger partial charge in [0.2, 0.25) is 0 Å². The van der Waals surface area contributed by atoms with Gasteiger partial charge in [-0.1, -0.05) is 24.3 Å². The van der Waals surface area contributed by atoms with Crippen LogP contribution in [0, 0.1) is 0 Å². The topological polar surface area (TPSA) is 62.7 Å². The molecular formula is C21H25N4O2+. The molecule has 0 amide bonds. The Balaban J connectivity index is 1.50. The lowest BCUT2D eigenvalue weighted by atomic mass is 10.1. The van der Waals surface area contributed by atoms with Crippen LogP contribution in [0.3, 0.4) is 0 Å². The molecule has 3 aromatic rings. The van der Waals surface area contributed by atoms with Crippen LogP contribution in [0.25, 0.3) is 10.9 Å². The van der Waals surface area contributed by atoms with Gasteiger partial charge in [0.25, 0.3) is 5.56 Å². The zero-order chi connectivity index (χ0) is 18.8. The number of nitrogens with zero attached hydrogens (tertiary/aromatic N) is 2. The summed E-state index contributed by atoms with van der Waals surface area (Å²) in [5.74, 6) is 1.67. The number of para-hydroxylation sites is 3. The Hall–Kier alpha value is -2.86. The number of aromatic amines is 1. The molecule has 1 aromatic heterocycles. The fourth-order valence-electron chi connectivity index (χ4n) is 3.86. The fraction of sp³-hybridized carbons (Fsp3) is 0.333. The van der Waals surface area contributed by atoms with Crippen LogP contribution in [0.5, 0.6) is 5.75 Å². The van der Waals surface area contributed by atoms with Crippen LogP contribution in [-0.2, 0) is 0 Å². The lowest BCUT2D eigenvalue weighted by Gasteiger charge is -2.36. The Kier molecular flexibility index (Phi) is 4.81. The first-order valence-corrected chi connectivity index (χ1v) is 9.39. The average Bonchev–Trinajstić information content (AvgIpc) is 2.73. The summed E-state index contributed by atoms with van der Waals surface area (Å²) in [6.45, 7) is 5.99. The number of piperazine rings is 1. The summed E-state index contributed by atoms with van der Waals surface area (Å²) in [6.07, 6.45) is 0. The third-order valence-corrected chi connectivity index (χ3v) is 5.49.